The normalized spacial score (nSPS) is 18.8. The van der Waals surface area contributed by atoms with E-state index < -0.39 is 11.6 Å². The quantitative estimate of drug-likeness (QED) is 0.570. The summed E-state index contributed by atoms with van der Waals surface area (Å²) in [5, 5.41) is 3.53. The zero-order valence-corrected chi connectivity index (χ0v) is 16.4. The Hall–Kier alpha value is -2.76. The van der Waals surface area contributed by atoms with Crippen LogP contribution >= 0.6 is 0 Å². The molecule has 3 nitrogen and oxygen atoms in total. The van der Waals surface area contributed by atoms with Crippen LogP contribution in [0.15, 0.2) is 36.4 Å². The van der Waals surface area contributed by atoms with Crippen LogP contribution in [-0.4, -0.2) is 16.9 Å². The Balaban J connectivity index is 1.67. The lowest BCUT2D eigenvalue weighted by Crippen LogP contribution is -2.43. The molecule has 1 saturated carbocycles. The molecule has 2 aromatic carbocycles. The van der Waals surface area contributed by atoms with E-state index in [-0.39, 0.29) is 35.1 Å². The molecule has 4 rings (SSSR count). The molecule has 0 aliphatic heterocycles. The lowest BCUT2D eigenvalue weighted by atomic mass is 9.74. The fourth-order valence-electron chi connectivity index (χ4n) is 4.14. The molecule has 1 amide bonds. The lowest BCUT2D eigenvalue weighted by molar-refractivity contribution is -0.123. The van der Waals surface area contributed by atoms with E-state index in [1.165, 1.54) is 18.2 Å². The van der Waals surface area contributed by atoms with E-state index in [2.05, 4.69) is 10.3 Å². The Kier molecular flexibility index (Phi) is 5.11. The third-order valence-corrected chi connectivity index (χ3v) is 5.50. The Labute approximate surface area is 167 Å². The zero-order valence-electron chi connectivity index (χ0n) is 16.4. The summed E-state index contributed by atoms with van der Waals surface area (Å²) in [5.74, 6) is -1.29. The molecule has 2 N–H and O–H groups in total. The summed E-state index contributed by atoms with van der Waals surface area (Å²) >= 11 is 0. The number of rotatable bonds is 5. The Morgan fingerprint density at radius 3 is 2.45 bits per heavy atom. The van der Waals surface area contributed by atoms with E-state index in [0.717, 1.165) is 11.6 Å². The molecule has 0 saturated heterocycles. The van der Waals surface area contributed by atoms with Gasteiger partial charge in [0.2, 0.25) is 5.91 Å². The van der Waals surface area contributed by atoms with Gasteiger partial charge in [-0.3, -0.25) is 4.79 Å². The Morgan fingerprint density at radius 2 is 1.79 bits per heavy atom. The van der Waals surface area contributed by atoms with Crippen molar-refractivity contribution in [3.63, 3.8) is 0 Å². The van der Waals surface area contributed by atoms with Gasteiger partial charge in [-0.2, -0.15) is 0 Å². The third kappa shape index (κ3) is 3.88. The number of carbonyl (C=O) groups is 1. The summed E-state index contributed by atoms with van der Waals surface area (Å²) in [6.45, 7) is 3.99. The Morgan fingerprint density at radius 1 is 1.10 bits per heavy atom. The number of amides is 1. The third-order valence-electron chi connectivity index (χ3n) is 5.50. The van der Waals surface area contributed by atoms with Gasteiger partial charge in [-0.05, 0) is 66.1 Å². The van der Waals surface area contributed by atoms with Crippen LogP contribution in [0.4, 0.5) is 13.2 Å². The van der Waals surface area contributed by atoms with Gasteiger partial charge in [-0.25, -0.2) is 13.2 Å². The molecule has 0 unspecified atom stereocenters. The molecule has 1 fully saturated rings. The monoisotopic (exact) mass is 400 g/mol. The van der Waals surface area contributed by atoms with Crippen LogP contribution in [0.2, 0.25) is 0 Å². The van der Waals surface area contributed by atoms with Gasteiger partial charge in [-0.15, -0.1) is 0 Å². The summed E-state index contributed by atoms with van der Waals surface area (Å²) in [6.07, 6.45) is 1.87. The molecule has 0 radical (unpaired) electrons. The van der Waals surface area contributed by atoms with Crippen LogP contribution in [0.1, 0.15) is 44.6 Å². The second-order valence-electron chi connectivity index (χ2n) is 8.26. The number of hydrogen-bond acceptors (Lipinski definition) is 1. The topological polar surface area (TPSA) is 44.9 Å². The van der Waals surface area contributed by atoms with Gasteiger partial charge >= 0.3 is 0 Å². The van der Waals surface area contributed by atoms with Gasteiger partial charge in [0.25, 0.3) is 0 Å². The molecule has 1 aromatic heterocycles. The molecule has 0 spiro atoms. The van der Waals surface area contributed by atoms with Crippen LogP contribution in [0.5, 0.6) is 0 Å². The molecule has 3 aromatic rings. The van der Waals surface area contributed by atoms with Crippen molar-refractivity contribution in [3.05, 3.63) is 59.4 Å². The first-order valence-electron chi connectivity index (χ1n) is 9.87. The van der Waals surface area contributed by atoms with Crippen molar-refractivity contribution < 1.29 is 18.0 Å². The number of fused-ring (bicyclic) bond motifs is 1. The fourth-order valence-corrected chi connectivity index (χ4v) is 4.14. The maximum atomic E-state index is 14.4. The van der Waals surface area contributed by atoms with Crippen molar-refractivity contribution in [1.82, 2.24) is 10.3 Å². The number of benzene rings is 2. The number of halogens is 3. The van der Waals surface area contributed by atoms with Crippen LogP contribution in [0.3, 0.4) is 0 Å². The van der Waals surface area contributed by atoms with Gasteiger partial charge in [-0.1, -0.05) is 13.8 Å². The number of aromatic amines is 1. The van der Waals surface area contributed by atoms with E-state index >= 15 is 0 Å². The van der Waals surface area contributed by atoms with Gasteiger partial charge in [0.1, 0.15) is 17.5 Å². The maximum absolute atomic E-state index is 14.4. The smallest absolute Gasteiger partial charge is 0.220 e. The zero-order chi connectivity index (χ0) is 20.7. The van der Waals surface area contributed by atoms with Crippen molar-refractivity contribution in [3.8, 4) is 11.3 Å². The number of nitrogens with one attached hydrogen (secondary N) is 2. The maximum Gasteiger partial charge on any atom is 0.220 e. The average Bonchev–Trinajstić information content (AvgIpc) is 2.97. The highest BCUT2D eigenvalue weighted by Gasteiger charge is 2.35. The summed E-state index contributed by atoms with van der Waals surface area (Å²) in [6, 6.07) is 8.18. The summed E-state index contributed by atoms with van der Waals surface area (Å²) < 4.78 is 41.7. The molecule has 29 heavy (non-hydrogen) atoms. The van der Waals surface area contributed by atoms with Gasteiger partial charge < -0.3 is 10.3 Å². The number of carbonyl (C=O) groups excluding carboxylic acids is 1. The van der Waals surface area contributed by atoms with Crippen LogP contribution in [0.25, 0.3) is 22.2 Å². The predicted octanol–water partition coefficient (Wildman–Crippen LogP) is 5.66. The summed E-state index contributed by atoms with van der Waals surface area (Å²) in [5.41, 5.74) is 2.44. The van der Waals surface area contributed by atoms with Gasteiger partial charge in [0.15, 0.2) is 0 Å². The lowest BCUT2D eigenvalue weighted by Gasteiger charge is -2.36. The Bertz CT molecular complexity index is 1050. The van der Waals surface area contributed by atoms with E-state index in [1.54, 1.807) is 12.1 Å². The standard InChI is InChI=1S/C23H23F3N2O/c1-12(2)7-20(29)27-17-8-14(9-17)21-18-10-16(25)11-19(26)23(18)28-22(21)13-3-5-15(24)6-4-13/h3-6,10-12,14,17,28H,7-9H2,1-2H3,(H,27,29). The van der Waals surface area contributed by atoms with Crippen LogP contribution in [0, 0.1) is 23.4 Å². The minimum absolute atomic E-state index is 0.0261. The minimum atomic E-state index is -0.657. The molecule has 0 atom stereocenters. The molecule has 1 heterocycles. The first-order chi connectivity index (χ1) is 13.8. The second kappa shape index (κ2) is 7.58. The second-order valence-corrected chi connectivity index (χ2v) is 8.26. The number of aromatic nitrogens is 1. The van der Waals surface area contributed by atoms with Crippen molar-refractivity contribution in [2.24, 2.45) is 5.92 Å². The fraction of sp³-hybridized carbons (Fsp3) is 0.348. The largest absolute Gasteiger partial charge is 0.353 e. The molecule has 152 valence electrons. The molecule has 6 heteroatoms. The molecule has 0 bridgehead atoms. The number of H-pyrrole nitrogens is 1. The number of hydrogen-bond donors (Lipinski definition) is 2. The van der Waals surface area contributed by atoms with Gasteiger partial charge in [0.05, 0.1) is 11.2 Å². The average molecular weight is 400 g/mol. The van der Waals surface area contributed by atoms with E-state index in [0.29, 0.717) is 35.9 Å². The first-order valence-corrected chi connectivity index (χ1v) is 9.87. The van der Waals surface area contributed by atoms with E-state index in [9.17, 15) is 18.0 Å². The highest BCUT2D eigenvalue weighted by molar-refractivity contribution is 5.92. The van der Waals surface area contributed by atoms with Gasteiger partial charge in [0, 0.05) is 23.9 Å². The summed E-state index contributed by atoms with van der Waals surface area (Å²) in [7, 11) is 0. The highest BCUT2D eigenvalue weighted by Crippen LogP contribution is 2.45. The molecule has 1 aliphatic rings. The van der Waals surface area contributed by atoms with Crippen molar-refractivity contribution in [2.75, 3.05) is 0 Å². The SMILES string of the molecule is CC(C)CC(=O)NC1CC(c2c(-c3ccc(F)cc3)[nH]c3c(F)cc(F)cc23)C1. The van der Waals surface area contributed by atoms with E-state index in [4.69, 9.17) is 0 Å². The van der Waals surface area contributed by atoms with Crippen molar-refractivity contribution in [2.45, 2.75) is 45.1 Å². The highest BCUT2D eigenvalue weighted by atomic mass is 19.1. The van der Waals surface area contributed by atoms with Crippen molar-refractivity contribution >= 4 is 16.8 Å². The van der Waals surface area contributed by atoms with E-state index in [1.807, 2.05) is 13.8 Å². The summed E-state index contributed by atoms with van der Waals surface area (Å²) in [4.78, 5) is 15.1. The molecular formula is C23H23F3N2O. The predicted molar refractivity (Wildman–Crippen MR) is 107 cm³/mol. The molecule has 1 aliphatic carbocycles. The minimum Gasteiger partial charge on any atom is -0.353 e. The van der Waals surface area contributed by atoms with Crippen LogP contribution < -0.4 is 5.32 Å². The first kappa shape index (κ1) is 19.6. The van der Waals surface area contributed by atoms with Crippen molar-refractivity contribution in [1.29, 1.82) is 0 Å². The molecular weight excluding hydrogens is 377 g/mol. The van der Waals surface area contributed by atoms with Crippen LogP contribution in [-0.2, 0) is 4.79 Å².